The van der Waals surface area contributed by atoms with Crippen molar-refractivity contribution in [2.45, 2.75) is 223 Å². The molecule has 0 saturated heterocycles. The van der Waals surface area contributed by atoms with Crippen molar-refractivity contribution >= 4 is 29.8 Å². The quantitative estimate of drug-likeness (QED) is 0.0445. The standard InChI is InChI=1S/C34H68O2.4C2H4O2/c1-6-11-15-20-26-32(27-21-16-12-7-2)28-22-19-25-31-34(33(35)36-10-5,29-23-17-13-8-3)30-24-18-14-9-4;4*1-2(3)4/h32H,6-31H2,1-5H3;4*1H3,(H,3,4). The fourth-order valence-corrected chi connectivity index (χ4v) is 5.97. The van der Waals surface area contributed by atoms with Gasteiger partial charge in [-0.05, 0) is 32.1 Å². The SMILES string of the molecule is CC(=O)O.CC(=O)O.CC(=O)O.CC(=O)O.CCCCCCC(CCCCCC)CCCCCC(CCCCCC)(CCCCCC)C(=O)OCC. The number of carboxylic acids is 4. The molecule has 10 heteroatoms. The lowest BCUT2D eigenvalue weighted by molar-refractivity contribution is -0.157. The maximum absolute atomic E-state index is 13.3. The first kappa shape index (κ1) is 58.7. The number of carbonyl (C=O) groups is 5. The Morgan fingerprint density at radius 1 is 0.423 bits per heavy atom. The predicted molar refractivity (Wildman–Crippen MR) is 214 cm³/mol. The molecule has 0 aromatic rings. The molecule has 0 spiro atoms. The molecule has 0 unspecified atom stereocenters. The van der Waals surface area contributed by atoms with Gasteiger partial charge in [0.25, 0.3) is 23.9 Å². The van der Waals surface area contributed by atoms with E-state index in [0.717, 1.165) is 52.9 Å². The molecule has 0 aliphatic carbocycles. The number of ether oxygens (including phenoxy) is 1. The van der Waals surface area contributed by atoms with E-state index in [9.17, 15) is 4.79 Å². The molecule has 4 N–H and O–H groups in total. The van der Waals surface area contributed by atoms with Gasteiger partial charge in [0.05, 0.1) is 12.0 Å². The number of carboxylic acid groups (broad SMARTS) is 4. The molecule has 0 heterocycles. The number of unbranched alkanes of at least 4 members (excludes halogenated alkanes) is 14. The minimum atomic E-state index is -0.833. The third-order valence-electron chi connectivity index (χ3n) is 8.43. The Bertz CT molecular complexity index is 725. The molecule has 0 rings (SSSR count). The molecule has 0 fully saturated rings. The Labute approximate surface area is 319 Å². The molecule has 0 aliphatic heterocycles. The van der Waals surface area contributed by atoms with E-state index < -0.39 is 23.9 Å². The zero-order valence-corrected chi connectivity index (χ0v) is 35.2. The van der Waals surface area contributed by atoms with Crippen molar-refractivity contribution in [3.8, 4) is 0 Å². The second-order valence-corrected chi connectivity index (χ2v) is 13.9. The summed E-state index contributed by atoms with van der Waals surface area (Å²) in [6.45, 7) is 16.0. The Kier molecular flexibility index (Phi) is 52.3. The molecule has 0 aromatic carbocycles. The summed E-state index contributed by atoms with van der Waals surface area (Å²) < 4.78 is 5.71. The van der Waals surface area contributed by atoms with Crippen LogP contribution in [0.2, 0.25) is 0 Å². The molecule has 10 nitrogen and oxygen atoms in total. The molecule has 0 aliphatic rings. The van der Waals surface area contributed by atoms with Gasteiger partial charge in [-0.3, -0.25) is 24.0 Å². The maximum Gasteiger partial charge on any atom is 0.312 e. The molecule has 0 amide bonds. The van der Waals surface area contributed by atoms with E-state index in [-0.39, 0.29) is 11.4 Å². The van der Waals surface area contributed by atoms with Gasteiger partial charge in [0.15, 0.2) is 0 Å². The average molecular weight is 749 g/mol. The van der Waals surface area contributed by atoms with Crippen LogP contribution in [0.5, 0.6) is 0 Å². The van der Waals surface area contributed by atoms with Crippen LogP contribution in [0.1, 0.15) is 223 Å². The first-order valence-corrected chi connectivity index (χ1v) is 20.5. The Morgan fingerprint density at radius 2 is 0.654 bits per heavy atom. The summed E-state index contributed by atoms with van der Waals surface area (Å²) in [7, 11) is 0. The summed E-state index contributed by atoms with van der Waals surface area (Å²) in [4.78, 5) is 49.3. The molecule has 0 radical (unpaired) electrons. The Balaban J connectivity index is -0.000000382. The highest BCUT2D eigenvalue weighted by molar-refractivity contribution is 5.76. The Hall–Kier alpha value is -2.65. The summed E-state index contributed by atoms with van der Waals surface area (Å²) in [6.07, 6.45) is 32.3. The monoisotopic (exact) mass is 749 g/mol. The van der Waals surface area contributed by atoms with Crippen LogP contribution in [0.3, 0.4) is 0 Å². The molecule has 312 valence electrons. The summed E-state index contributed by atoms with van der Waals surface area (Å²) in [6, 6.07) is 0. The minimum Gasteiger partial charge on any atom is -0.481 e. The normalized spacial score (nSPS) is 10.2. The van der Waals surface area contributed by atoms with Crippen molar-refractivity contribution in [2.75, 3.05) is 6.61 Å². The highest BCUT2D eigenvalue weighted by Gasteiger charge is 2.38. The lowest BCUT2D eigenvalue weighted by Gasteiger charge is -2.32. The van der Waals surface area contributed by atoms with Crippen molar-refractivity contribution in [1.29, 1.82) is 0 Å². The zero-order chi connectivity index (χ0) is 41.1. The van der Waals surface area contributed by atoms with Gasteiger partial charge in [-0.2, -0.15) is 0 Å². The number of hydrogen-bond donors (Lipinski definition) is 4. The van der Waals surface area contributed by atoms with Crippen molar-refractivity contribution in [3.05, 3.63) is 0 Å². The van der Waals surface area contributed by atoms with E-state index in [2.05, 4.69) is 27.7 Å². The van der Waals surface area contributed by atoms with Crippen molar-refractivity contribution in [1.82, 2.24) is 0 Å². The van der Waals surface area contributed by atoms with Crippen molar-refractivity contribution in [3.63, 3.8) is 0 Å². The van der Waals surface area contributed by atoms with Crippen LogP contribution in [0.15, 0.2) is 0 Å². The van der Waals surface area contributed by atoms with Gasteiger partial charge < -0.3 is 25.2 Å². The molecule has 0 saturated carbocycles. The molecule has 0 aromatic heterocycles. The van der Waals surface area contributed by atoms with E-state index in [1.807, 2.05) is 6.92 Å². The Morgan fingerprint density at radius 3 is 0.885 bits per heavy atom. The van der Waals surface area contributed by atoms with E-state index in [4.69, 9.17) is 44.3 Å². The number of rotatable bonds is 28. The smallest absolute Gasteiger partial charge is 0.312 e. The lowest BCUT2D eigenvalue weighted by Crippen LogP contribution is -2.33. The minimum absolute atomic E-state index is 0.114. The van der Waals surface area contributed by atoms with Gasteiger partial charge in [-0.1, -0.05) is 169 Å². The van der Waals surface area contributed by atoms with Crippen molar-refractivity contribution < 1.29 is 49.1 Å². The fraction of sp³-hybridized carbons (Fsp3) is 0.881. The second kappa shape index (κ2) is 46.4. The summed E-state index contributed by atoms with van der Waals surface area (Å²) >= 11 is 0. The van der Waals surface area contributed by atoms with Crippen LogP contribution in [0.25, 0.3) is 0 Å². The first-order chi connectivity index (χ1) is 24.5. The second-order valence-electron chi connectivity index (χ2n) is 13.9. The molecule has 0 bridgehead atoms. The average Bonchev–Trinajstić information content (AvgIpc) is 3.03. The van der Waals surface area contributed by atoms with Gasteiger partial charge >= 0.3 is 5.97 Å². The number of esters is 1. The van der Waals surface area contributed by atoms with E-state index >= 15 is 0 Å². The highest BCUT2D eigenvalue weighted by atomic mass is 16.5. The van der Waals surface area contributed by atoms with Crippen LogP contribution >= 0.6 is 0 Å². The third-order valence-corrected chi connectivity index (χ3v) is 8.43. The lowest BCUT2D eigenvalue weighted by atomic mass is 9.73. The fourth-order valence-electron chi connectivity index (χ4n) is 5.97. The molecule has 52 heavy (non-hydrogen) atoms. The van der Waals surface area contributed by atoms with Gasteiger partial charge in [0.2, 0.25) is 0 Å². The number of carbonyl (C=O) groups excluding carboxylic acids is 1. The molecular weight excluding hydrogens is 664 g/mol. The first-order valence-electron chi connectivity index (χ1n) is 20.5. The maximum atomic E-state index is 13.3. The van der Waals surface area contributed by atoms with Gasteiger partial charge in [0, 0.05) is 27.7 Å². The van der Waals surface area contributed by atoms with Crippen LogP contribution in [0, 0.1) is 11.3 Å². The van der Waals surface area contributed by atoms with Gasteiger partial charge in [0.1, 0.15) is 0 Å². The summed E-state index contributed by atoms with van der Waals surface area (Å²) in [5.41, 5.74) is -0.225. The zero-order valence-electron chi connectivity index (χ0n) is 35.2. The van der Waals surface area contributed by atoms with Crippen molar-refractivity contribution in [2.24, 2.45) is 11.3 Å². The van der Waals surface area contributed by atoms with Gasteiger partial charge in [-0.25, -0.2) is 0 Å². The van der Waals surface area contributed by atoms with Crippen LogP contribution in [-0.2, 0) is 28.7 Å². The summed E-state index contributed by atoms with van der Waals surface area (Å²) in [5.74, 6) is -2.29. The van der Waals surface area contributed by atoms with Gasteiger partial charge in [-0.15, -0.1) is 0 Å². The van der Waals surface area contributed by atoms with Crippen LogP contribution in [0.4, 0.5) is 0 Å². The predicted octanol–water partition coefficient (Wildman–Crippen LogP) is 12.3. The number of aliphatic carboxylic acids is 4. The molecular formula is C42H84O10. The van der Waals surface area contributed by atoms with Crippen LogP contribution in [-0.4, -0.2) is 56.9 Å². The van der Waals surface area contributed by atoms with E-state index in [0.29, 0.717) is 6.61 Å². The van der Waals surface area contributed by atoms with Crippen LogP contribution < -0.4 is 0 Å². The molecule has 0 atom stereocenters. The van der Waals surface area contributed by atoms with E-state index in [1.165, 1.54) is 141 Å². The van der Waals surface area contributed by atoms with E-state index in [1.54, 1.807) is 0 Å². The largest absolute Gasteiger partial charge is 0.481 e. The highest BCUT2D eigenvalue weighted by Crippen LogP contribution is 2.39. The topological polar surface area (TPSA) is 175 Å². The third kappa shape index (κ3) is 59.5. The number of hydrogen-bond acceptors (Lipinski definition) is 6. The summed E-state index contributed by atoms with van der Waals surface area (Å²) in [5, 5.41) is 29.7.